The first-order chi connectivity index (χ1) is 11.5. The third-order valence-electron chi connectivity index (χ3n) is 4.61. The van der Waals surface area contributed by atoms with Crippen molar-refractivity contribution in [1.82, 2.24) is 5.06 Å². The van der Waals surface area contributed by atoms with Gasteiger partial charge in [0.05, 0.1) is 4.92 Å². The number of benzene rings is 2. The van der Waals surface area contributed by atoms with Gasteiger partial charge < -0.3 is 4.74 Å². The van der Waals surface area contributed by atoms with Gasteiger partial charge in [-0.05, 0) is 18.2 Å². The maximum Gasteiger partial charge on any atom is 0.389 e. The molecule has 1 saturated heterocycles. The van der Waals surface area contributed by atoms with Crippen LogP contribution in [0.3, 0.4) is 0 Å². The van der Waals surface area contributed by atoms with Gasteiger partial charge in [0.15, 0.2) is 0 Å². The lowest BCUT2D eigenvalue weighted by Crippen LogP contribution is -2.53. The van der Waals surface area contributed by atoms with E-state index in [1.54, 1.807) is 31.3 Å². The zero-order chi connectivity index (χ0) is 16.9. The monoisotopic (exact) mass is 346 g/mol. The Labute approximate surface area is 143 Å². The summed E-state index contributed by atoms with van der Waals surface area (Å²) in [5, 5.41) is 14.2. The number of fused-ring (bicyclic) bond motifs is 3. The smallest absolute Gasteiger partial charge is 0.389 e. The summed E-state index contributed by atoms with van der Waals surface area (Å²) >= 11 is 5.95. The van der Waals surface area contributed by atoms with E-state index < -0.39 is 17.7 Å². The third-order valence-corrected chi connectivity index (χ3v) is 4.87. The Morgan fingerprint density at radius 3 is 2.67 bits per heavy atom. The summed E-state index contributed by atoms with van der Waals surface area (Å²) in [4.78, 5) is 17.5. The molecule has 0 aromatic heterocycles. The molecule has 4 rings (SSSR count). The van der Waals surface area contributed by atoms with E-state index in [2.05, 4.69) is 0 Å². The van der Waals surface area contributed by atoms with Crippen LogP contribution in [0.15, 0.2) is 48.5 Å². The van der Waals surface area contributed by atoms with Crippen LogP contribution < -0.4 is 4.74 Å². The van der Waals surface area contributed by atoms with Gasteiger partial charge in [-0.25, -0.2) is 4.84 Å². The maximum atomic E-state index is 12.1. The van der Waals surface area contributed by atoms with Gasteiger partial charge in [-0.15, -0.1) is 0 Å². The Balaban J connectivity index is 1.92. The molecule has 0 aliphatic carbocycles. The molecule has 0 N–H and O–H groups in total. The van der Waals surface area contributed by atoms with Crippen LogP contribution in [0.2, 0.25) is 5.02 Å². The van der Waals surface area contributed by atoms with Crippen molar-refractivity contribution >= 4 is 11.6 Å². The van der Waals surface area contributed by atoms with Crippen molar-refractivity contribution in [2.24, 2.45) is 0 Å². The summed E-state index contributed by atoms with van der Waals surface area (Å²) in [5.74, 6) is 0.224. The fourth-order valence-corrected chi connectivity index (χ4v) is 3.70. The first kappa shape index (κ1) is 15.4. The van der Waals surface area contributed by atoms with E-state index in [1.165, 1.54) is 5.06 Å². The first-order valence-electron chi connectivity index (χ1n) is 7.58. The largest absolute Gasteiger partial charge is 0.475 e. The molecule has 0 saturated carbocycles. The zero-order valence-electron chi connectivity index (χ0n) is 12.9. The molecule has 0 amide bonds. The predicted octanol–water partition coefficient (Wildman–Crippen LogP) is 3.41. The number of rotatable bonds is 2. The molecular weight excluding hydrogens is 332 g/mol. The van der Waals surface area contributed by atoms with Crippen molar-refractivity contribution < 1.29 is 14.5 Å². The Bertz CT molecular complexity index is 797. The molecule has 2 aliphatic rings. The van der Waals surface area contributed by atoms with Gasteiger partial charge in [-0.2, -0.15) is 5.06 Å². The van der Waals surface area contributed by atoms with Gasteiger partial charge in [-0.3, -0.25) is 10.1 Å². The highest BCUT2D eigenvalue weighted by Crippen LogP contribution is 2.54. The van der Waals surface area contributed by atoms with Gasteiger partial charge in [0.2, 0.25) is 6.10 Å². The third kappa shape index (κ3) is 2.11. The van der Waals surface area contributed by atoms with Crippen molar-refractivity contribution in [3.8, 4) is 5.75 Å². The van der Waals surface area contributed by atoms with Crippen LogP contribution in [-0.2, 0) is 4.84 Å². The van der Waals surface area contributed by atoms with Crippen molar-refractivity contribution in [2.75, 3.05) is 13.6 Å². The fraction of sp³-hybridized carbons (Fsp3) is 0.294. The van der Waals surface area contributed by atoms with Crippen LogP contribution in [0, 0.1) is 10.1 Å². The molecule has 0 unspecified atom stereocenters. The Morgan fingerprint density at radius 1 is 1.25 bits per heavy atom. The van der Waals surface area contributed by atoms with E-state index in [9.17, 15) is 10.1 Å². The number of para-hydroxylation sites is 1. The highest BCUT2D eigenvalue weighted by atomic mass is 35.5. The van der Waals surface area contributed by atoms with E-state index in [1.807, 2.05) is 24.3 Å². The van der Waals surface area contributed by atoms with Gasteiger partial charge in [0, 0.05) is 29.7 Å². The number of hydrogen-bond donors (Lipinski definition) is 0. The highest BCUT2D eigenvalue weighted by molar-refractivity contribution is 6.30. The first-order valence-corrected chi connectivity index (χ1v) is 7.96. The Hall–Kier alpha value is -2.15. The minimum Gasteiger partial charge on any atom is -0.475 e. The standard InChI is InChI=1S/C17H15ClN2O4/c1-19-10-14-13-4-2-3-5-15(13)23-16(17(14,24-19)20(21)22)11-6-8-12(18)9-7-11/h2-9,14,16H,10H2,1H3/t14-,16+,17+/m0/s1. The molecule has 0 spiro atoms. The molecule has 6 nitrogen and oxygen atoms in total. The van der Waals surface area contributed by atoms with Crippen LogP contribution in [0.1, 0.15) is 23.1 Å². The van der Waals surface area contributed by atoms with E-state index in [0.717, 1.165) is 5.56 Å². The molecular formula is C17H15ClN2O4. The zero-order valence-corrected chi connectivity index (χ0v) is 13.6. The average molecular weight is 347 g/mol. The minimum atomic E-state index is -1.70. The van der Waals surface area contributed by atoms with E-state index in [0.29, 0.717) is 22.9 Å². The lowest BCUT2D eigenvalue weighted by atomic mass is 9.80. The number of hydrogen-bond acceptors (Lipinski definition) is 5. The number of ether oxygens (including phenoxy) is 1. The summed E-state index contributed by atoms with van der Waals surface area (Å²) in [5.41, 5.74) is -0.244. The van der Waals surface area contributed by atoms with Crippen LogP contribution in [-0.4, -0.2) is 29.3 Å². The van der Waals surface area contributed by atoms with E-state index in [4.69, 9.17) is 21.2 Å². The van der Waals surface area contributed by atoms with E-state index in [-0.39, 0.29) is 4.92 Å². The van der Waals surface area contributed by atoms with Gasteiger partial charge in [0.25, 0.3) is 0 Å². The average Bonchev–Trinajstić information content (AvgIpc) is 2.93. The number of hydroxylamine groups is 2. The lowest BCUT2D eigenvalue weighted by Gasteiger charge is -2.37. The molecule has 2 heterocycles. The number of likely N-dealkylation sites (N-methyl/N-ethyl adjacent to an activating group) is 1. The predicted molar refractivity (Wildman–Crippen MR) is 87.4 cm³/mol. The van der Waals surface area contributed by atoms with Crippen molar-refractivity contribution in [1.29, 1.82) is 0 Å². The number of nitrogens with zero attached hydrogens (tertiary/aromatic N) is 2. The summed E-state index contributed by atoms with van der Waals surface area (Å²) in [6.45, 7) is 0.422. The number of nitro groups is 1. The topological polar surface area (TPSA) is 64.8 Å². The molecule has 7 heteroatoms. The van der Waals surface area contributed by atoms with Gasteiger partial charge >= 0.3 is 5.72 Å². The number of halogens is 1. The Kier molecular flexibility index (Phi) is 3.49. The molecule has 124 valence electrons. The van der Waals surface area contributed by atoms with Crippen molar-refractivity contribution in [2.45, 2.75) is 17.7 Å². The second kappa shape index (κ2) is 5.44. The summed E-state index contributed by atoms with van der Waals surface area (Å²) < 4.78 is 6.05. The van der Waals surface area contributed by atoms with Crippen LogP contribution in [0.5, 0.6) is 5.75 Å². The van der Waals surface area contributed by atoms with Gasteiger partial charge in [-0.1, -0.05) is 41.9 Å². The van der Waals surface area contributed by atoms with Crippen LogP contribution >= 0.6 is 11.6 Å². The molecule has 2 aliphatic heterocycles. The molecule has 2 aromatic rings. The van der Waals surface area contributed by atoms with Gasteiger partial charge in [0.1, 0.15) is 11.7 Å². The van der Waals surface area contributed by atoms with Crippen molar-refractivity contribution in [3.63, 3.8) is 0 Å². The fourth-order valence-electron chi connectivity index (χ4n) is 3.58. The summed E-state index contributed by atoms with van der Waals surface area (Å²) in [6, 6.07) is 14.3. The molecule has 0 radical (unpaired) electrons. The quantitative estimate of drug-likeness (QED) is 0.616. The van der Waals surface area contributed by atoms with Crippen LogP contribution in [0.4, 0.5) is 0 Å². The molecule has 0 bridgehead atoms. The molecule has 24 heavy (non-hydrogen) atoms. The SMILES string of the molecule is CN1C[C@H]2c3ccccc3O[C@H](c3ccc(Cl)cc3)[C@]2([N+](=O)[O-])O1. The minimum absolute atomic E-state index is 0.365. The van der Waals surface area contributed by atoms with Crippen LogP contribution in [0.25, 0.3) is 0 Å². The molecule has 2 aromatic carbocycles. The highest BCUT2D eigenvalue weighted by Gasteiger charge is 2.68. The Morgan fingerprint density at radius 2 is 1.96 bits per heavy atom. The lowest BCUT2D eigenvalue weighted by molar-refractivity contribution is -0.655. The second-order valence-electron chi connectivity index (χ2n) is 6.05. The summed E-state index contributed by atoms with van der Waals surface area (Å²) in [6.07, 6.45) is -0.866. The van der Waals surface area contributed by atoms with E-state index >= 15 is 0 Å². The molecule has 1 fully saturated rings. The maximum absolute atomic E-state index is 12.1. The normalized spacial score (nSPS) is 28.8. The van der Waals surface area contributed by atoms with Crippen molar-refractivity contribution in [3.05, 3.63) is 74.8 Å². The molecule has 3 atom stereocenters. The summed E-state index contributed by atoms with van der Waals surface area (Å²) in [7, 11) is 1.70. The second-order valence-corrected chi connectivity index (χ2v) is 6.49.